The zero-order valence-electron chi connectivity index (χ0n) is 8.03. The molecule has 0 saturated carbocycles. The van der Waals surface area contributed by atoms with Crippen LogP contribution in [0.4, 0.5) is 5.69 Å². The Morgan fingerprint density at radius 1 is 1.60 bits per heavy atom. The third kappa shape index (κ3) is 1.99. The highest BCUT2D eigenvalue weighted by Gasteiger charge is 2.11. The molecular formula is C10H10N4O. The second-order valence-corrected chi connectivity index (χ2v) is 3.12. The standard InChI is InChI=1S/C10H10N4O/c11-6-13-10(12)14-8-1-2-9-7(5-8)3-4-15-9/h1-2,5H,3-4H2,(H3,12,13,14). The molecule has 0 radical (unpaired) electrons. The lowest BCUT2D eigenvalue weighted by Gasteiger charge is -2.00. The van der Waals surface area contributed by atoms with Gasteiger partial charge in [-0.05, 0) is 23.8 Å². The molecule has 1 aliphatic heterocycles. The van der Waals surface area contributed by atoms with Crippen LogP contribution in [0.1, 0.15) is 5.56 Å². The van der Waals surface area contributed by atoms with Crippen LogP contribution in [0.5, 0.6) is 5.75 Å². The second-order valence-electron chi connectivity index (χ2n) is 3.12. The summed E-state index contributed by atoms with van der Waals surface area (Å²) >= 11 is 0. The Balaban J connectivity index is 2.24. The number of nitriles is 1. The number of benzene rings is 1. The average Bonchev–Trinajstić information content (AvgIpc) is 2.65. The normalized spacial score (nSPS) is 13.9. The topological polar surface area (TPSA) is 83.4 Å². The molecule has 5 heteroatoms. The van der Waals surface area contributed by atoms with Gasteiger partial charge in [-0.1, -0.05) is 0 Å². The molecule has 3 N–H and O–H groups in total. The van der Waals surface area contributed by atoms with Crippen molar-refractivity contribution in [3.05, 3.63) is 23.8 Å². The first-order valence-electron chi connectivity index (χ1n) is 4.54. The van der Waals surface area contributed by atoms with E-state index in [1.807, 2.05) is 12.1 Å². The van der Waals surface area contributed by atoms with E-state index in [0.717, 1.165) is 23.4 Å². The van der Waals surface area contributed by atoms with Crippen molar-refractivity contribution in [1.29, 1.82) is 5.26 Å². The van der Waals surface area contributed by atoms with Gasteiger partial charge in [0.15, 0.2) is 6.19 Å². The van der Waals surface area contributed by atoms with Gasteiger partial charge in [0, 0.05) is 6.42 Å². The van der Waals surface area contributed by atoms with Gasteiger partial charge in [-0.2, -0.15) is 5.26 Å². The minimum Gasteiger partial charge on any atom is -0.493 e. The molecule has 76 valence electrons. The second kappa shape index (κ2) is 3.88. The van der Waals surface area contributed by atoms with E-state index in [2.05, 4.69) is 10.3 Å². The fourth-order valence-corrected chi connectivity index (χ4v) is 1.47. The van der Waals surface area contributed by atoms with Gasteiger partial charge in [0.25, 0.3) is 0 Å². The van der Waals surface area contributed by atoms with Crippen molar-refractivity contribution in [2.75, 3.05) is 6.61 Å². The fraction of sp³-hybridized carbons (Fsp3) is 0.200. The summed E-state index contributed by atoms with van der Waals surface area (Å²) in [6.45, 7) is 0.717. The number of nitrogens with two attached hydrogens (primary N) is 1. The Bertz CT molecular complexity index is 447. The van der Waals surface area contributed by atoms with Gasteiger partial charge in [0.1, 0.15) is 5.75 Å². The monoisotopic (exact) mass is 202 g/mol. The van der Waals surface area contributed by atoms with Gasteiger partial charge in [0.2, 0.25) is 5.96 Å². The number of ether oxygens (including phenoxy) is 1. The highest BCUT2D eigenvalue weighted by molar-refractivity contribution is 5.82. The smallest absolute Gasteiger partial charge is 0.207 e. The fourth-order valence-electron chi connectivity index (χ4n) is 1.47. The van der Waals surface area contributed by atoms with E-state index in [0.29, 0.717) is 6.61 Å². The van der Waals surface area contributed by atoms with Crippen LogP contribution in [-0.4, -0.2) is 12.6 Å². The maximum Gasteiger partial charge on any atom is 0.207 e. The number of guanidine groups is 1. The maximum atomic E-state index is 8.33. The van der Waals surface area contributed by atoms with Gasteiger partial charge in [-0.15, -0.1) is 0 Å². The highest BCUT2D eigenvalue weighted by Crippen LogP contribution is 2.28. The van der Waals surface area contributed by atoms with Crippen LogP contribution in [0.25, 0.3) is 0 Å². The predicted octanol–water partition coefficient (Wildman–Crippen LogP) is 0.638. The molecule has 0 unspecified atom stereocenters. The van der Waals surface area contributed by atoms with E-state index in [9.17, 15) is 0 Å². The summed E-state index contributed by atoms with van der Waals surface area (Å²) in [6, 6.07) is 5.57. The summed E-state index contributed by atoms with van der Waals surface area (Å²) < 4.78 is 5.36. The minimum atomic E-state index is 0.0939. The summed E-state index contributed by atoms with van der Waals surface area (Å²) in [7, 11) is 0. The van der Waals surface area contributed by atoms with E-state index in [4.69, 9.17) is 15.7 Å². The molecule has 0 amide bonds. The van der Waals surface area contributed by atoms with Crippen molar-refractivity contribution < 1.29 is 4.74 Å². The van der Waals surface area contributed by atoms with Crippen LogP contribution in [0, 0.1) is 11.5 Å². The molecule has 0 aromatic heterocycles. The number of nitrogens with zero attached hydrogens (tertiary/aromatic N) is 2. The van der Waals surface area contributed by atoms with E-state index in [-0.39, 0.29) is 5.96 Å². The van der Waals surface area contributed by atoms with E-state index < -0.39 is 0 Å². The Morgan fingerprint density at radius 3 is 3.27 bits per heavy atom. The average molecular weight is 202 g/mol. The van der Waals surface area contributed by atoms with Crippen LogP contribution in [0.2, 0.25) is 0 Å². The lowest BCUT2D eigenvalue weighted by molar-refractivity contribution is 0.357. The first kappa shape index (κ1) is 9.34. The summed E-state index contributed by atoms with van der Waals surface area (Å²) in [5.74, 6) is 0.997. The maximum absolute atomic E-state index is 8.33. The van der Waals surface area contributed by atoms with Crippen molar-refractivity contribution >= 4 is 11.6 Å². The van der Waals surface area contributed by atoms with Crippen LogP contribution in [0.15, 0.2) is 23.2 Å². The predicted molar refractivity (Wildman–Crippen MR) is 55.7 cm³/mol. The Kier molecular flexibility index (Phi) is 2.42. The van der Waals surface area contributed by atoms with E-state index in [1.165, 1.54) is 0 Å². The first-order chi connectivity index (χ1) is 7.29. The number of hydrogen-bond donors (Lipinski definition) is 2. The van der Waals surface area contributed by atoms with Gasteiger partial charge < -0.3 is 10.5 Å². The number of nitrogens with one attached hydrogen (secondary N) is 1. The number of hydrogen-bond acceptors (Lipinski definition) is 3. The molecule has 2 rings (SSSR count). The van der Waals surface area contributed by atoms with Crippen molar-refractivity contribution in [3.63, 3.8) is 0 Å². The summed E-state index contributed by atoms with van der Waals surface area (Å²) in [4.78, 5) is 4.03. The number of fused-ring (bicyclic) bond motifs is 1. The van der Waals surface area contributed by atoms with Crippen molar-refractivity contribution in [2.45, 2.75) is 6.42 Å². The summed E-state index contributed by atoms with van der Waals surface area (Å²) in [5.41, 5.74) is 7.29. The van der Waals surface area contributed by atoms with E-state index in [1.54, 1.807) is 12.3 Å². The summed E-state index contributed by atoms with van der Waals surface area (Å²) in [6.07, 6.45) is 2.60. The Labute approximate surface area is 87.2 Å². The van der Waals surface area contributed by atoms with Gasteiger partial charge in [-0.3, -0.25) is 5.32 Å². The molecule has 0 bridgehead atoms. The molecule has 1 heterocycles. The molecule has 0 saturated heterocycles. The zero-order valence-corrected chi connectivity index (χ0v) is 8.03. The Hall–Kier alpha value is -2.22. The highest BCUT2D eigenvalue weighted by atomic mass is 16.5. The molecule has 0 spiro atoms. The molecule has 1 aromatic rings. The van der Waals surface area contributed by atoms with E-state index >= 15 is 0 Å². The minimum absolute atomic E-state index is 0.0939. The molecule has 5 nitrogen and oxygen atoms in total. The quantitative estimate of drug-likeness (QED) is 0.303. The lowest BCUT2D eigenvalue weighted by atomic mass is 10.1. The molecule has 0 fully saturated rings. The van der Waals surface area contributed by atoms with Crippen LogP contribution >= 0.6 is 0 Å². The molecule has 0 atom stereocenters. The van der Waals surface area contributed by atoms with Gasteiger partial charge in [0.05, 0.1) is 12.3 Å². The molecule has 1 aromatic carbocycles. The molecule has 15 heavy (non-hydrogen) atoms. The van der Waals surface area contributed by atoms with Gasteiger partial charge >= 0.3 is 0 Å². The third-order valence-corrected chi connectivity index (χ3v) is 2.11. The van der Waals surface area contributed by atoms with Gasteiger partial charge in [-0.25, -0.2) is 4.99 Å². The first-order valence-corrected chi connectivity index (χ1v) is 4.54. The molecular weight excluding hydrogens is 192 g/mol. The zero-order chi connectivity index (χ0) is 10.7. The summed E-state index contributed by atoms with van der Waals surface area (Å²) in [5, 5.41) is 10.6. The lowest BCUT2D eigenvalue weighted by Crippen LogP contribution is -2.26. The van der Waals surface area contributed by atoms with Crippen molar-refractivity contribution in [1.82, 2.24) is 5.32 Å². The van der Waals surface area contributed by atoms with Crippen molar-refractivity contribution in [3.8, 4) is 11.9 Å². The number of aliphatic imine (C=N–C) groups is 1. The van der Waals surface area contributed by atoms with Crippen LogP contribution < -0.4 is 15.8 Å². The third-order valence-electron chi connectivity index (χ3n) is 2.11. The largest absolute Gasteiger partial charge is 0.493 e. The number of rotatable bonds is 1. The Morgan fingerprint density at radius 2 is 2.47 bits per heavy atom. The van der Waals surface area contributed by atoms with Crippen molar-refractivity contribution in [2.24, 2.45) is 10.7 Å². The van der Waals surface area contributed by atoms with Crippen LogP contribution in [-0.2, 0) is 6.42 Å². The molecule has 1 aliphatic rings. The SMILES string of the molecule is N#CNC(N)=Nc1ccc2c(c1)CCO2. The molecule has 0 aliphatic carbocycles. The van der Waals surface area contributed by atoms with Crippen LogP contribution in [0.3, 0.4) is 0 Å².